The number of hydrogen-bond acceptors (Lipinski definition) is 4. The average Bonchev–Trinajstić information content (AvgIpc) is 3.32. The number of rotatable bonds is 6. The van der Waals surface area contributed by atoms with Gasteiger partial charge in [-0.2, -0.15) is 4.98 Å². The predicted molar refractivity (Wildman–Crippen MR) is 89.5 cm³/mol. The van der Waals surface area contributed by atoms with Crippen LogP contribution >= 0.6 is 0 Å². The summed E-state index contributed by atoms with van der Waals surface area (Å²) in [6.45, 7) is 5.03. The molecular weight excluding hydrogens is 274 g/mol. The summed E-state index contributed by atoms with van der Waals surface area (Å²) in [5.74, 6) is 3.73. The van der Waals surface area contributed by atoms with Crippen LogP contribution in [0.3, 0.4) is 0 Å². The Labute approximate surface area is 134 Å². The highest BCUT2D eigenvalue weighted by Gasteiger charge is 2.28. The lowest BCUT2D eigenvalue weighted by molar-refractivity contribution is 0.260. The molecule has 2 saturated carbocycles. The molecule has 122 valence electrons. The van der Waals surface area contributed by atoms with Crippen molar-refractivity contribution in [2.75, 3.05) is 11.9 Å². The van der Waals surface area contributed by atoms with E-state index in [1.807, 2.05) is 6.07 Å². The maximum Gasteiger partial charge on any atom is 0.218 e. The molecule has 0 unspecified atom stereocenters. The molecule has 0 radical (unpaired) electrons. The molecule has 0 aliphatic heterocycles. The quantitative estimate of drug-likeness (QED) is 0.785. The largest absolute Gasteiger partial charge is 0.477 e. The maximum atomic E-state index is 5.85. The van der Waals surface area contributed by atoms with Crippen molar-refractivity contribution in [1.29, 1.82) is 0 Å². The minimum Gasteiger partial charge on any atom is -0.477 e. The second-order valence-corrected chi connectivity index (χ2v) is 7.26. The van der Waals surface area contributed by atoms with Crippen LogP contribution in [0, 0.1) is 5.92 Å². The fraction of sp³-hybridized carbons (Fsp3) is 0.778. The van der Waals surface area contributed by atoms with E-state index in [0.29, 0.717) is 24.5 Å². The molecule has 3 rings (SSSR count). The van der Waals surface area contributed by atoms with Crippen molar-refractivity contribution in [3.8, 4) is 5.88 Å². The van der Waals surface area contributed by atoms with Crippen LogP contribution in [-0.2, 0) is 0 Å². The highest BCUT2D eigenvalue weighted by molar-refractivity contribution is 5.40. The van der Waals surface area contributed by atoms with Gasteiger partial charge in [0.25, 0.3) is 0 Å². The molecule has 22 heavy (non-hydrogen) atoms. The molecule has 1 heterocycles. The van der Waals surface area contributed by atoms with Gasteiger partial charge in [-0.3, -0.25) is 0 Å². The predicted octanol–water partition coefficient (Wildman–Crippen LogP) is 4.52. The Morgan fingerprint density at radius 3 is 2.45 bits per heavy atom. The van der Waals surface area contributed by atoms with Crippen molar-refractivity contribution in [3.05, 3.63) is 11.9 Å². The second kappa shape index (κ2) is 7.30. The standard InChI is InChI=1S/C18H29N3O/c1-13(2)12-22-17-11-16(20-18(21-17)14-9-10-14)19-15-7-5-3-4-6-8-15/h11,13-15H,3-10,12H2,1-2H3,(H,19,20,21). The molecule has 2 aliphatic carbocycles. The van der Waals surface area contributed by atoms with Gasteiger partial charge in [-0.25, -0.2) is 4.98 Å². The first-order valence-electron chi connectivity index (χ1n) is 8.99. The van der Waals surface area contributed by atoms with Crippen molar-refractivity contribution in [2.45, 2.75) is 77.2 Å². The van der Waals surface area contributed by atoms with Crippen LogP contribution in [0.5, 0.6) is 5.88 Å². The number of nitrogens with zero attached hydrogens (tertiary/aromatic N) is 2. The van der Waals surface area contributed by atoms with Gasteiger partial charge in [0.15, 0.2) is 0 Å². The summed E-state index contributed by atoms with van der Waals surface area (Å²) in [5, 5.41) is 3.64. The number of aromatic nitrogens is 2. The van der Waals surface area contributed by atoms with Crippen molar-refractivity contribution in [3.63, 3.8) is 0 Å². The van der Waals surface area contributed by atoms with E-state index in [-0.39, 0.29) is 0 Å². The van der Waals surface area contributed by atoms with E-state index in [0.717, 1.165) is 17.5 Å². The zero-order chi connectivity index (χ0) is 15.4. The van der Waals surface area contributed by atoms with Crippen LogP contribution in [0.2, 0.25) is 0 Å². The summed E-state index contributed by atoms with van der Waals surface area (Å²) < 4.78 is 5.85. The minimum absolute atomic E-state index is 0.512. The molecule has 1 aromatic rings. The zero-order valence-electron chi connectivity index (χ0n) is 14.0. The Kier molecular flexibility index (Phi) is 5.16. The monoisotopic (exact) mass is 303 g/mol. The summed E-state index contributed by atoms with van der Waals surface area (Å²) in [7, 11) is 0. The van der Waals surface area contributed by atoms with Gasteiger partial charge in [-0.15, -0.1) is 0 Å². The van der Waals surface area contributed by atoms with Crippen LogP contribution in [-0.4, -0.2) is 22.6 Å². The lowest BCUT2D eigenvalue weighted by Crippen LogP contribution is -2.20. The number of nitrogens with one attached hydrogen (secondary N) is 1. The molecule has 0 amide bonds. The molecular formula is C18H29N3O. The van der Waals surface area contributed by atoms with Gasteiger partial charge in [-0.1, -0.05) is 39.5 Å². The van der Waals surface area contributed by atoms with E-state index in [1.165, 1.54) is 51.4 Å². The van der Waals surface area contributed by atoms with Crippen LogP contribution in [0.15, 0.2) is 6.07 Å². The Morgan fingerprint density at radius 1 is 1.09 bits per heavy atom. The SMILES string of the molecule is CC(C)COc1cc(NC2CCCCCC2)nc(C2CC2)n1. The number of anilines is 1. The molecule has 4 heteroatoms. The van der Waals surface area contributed by atoms with Crippen molar-refractivity contribution >= 4 is 5.82 Å². The van der Waals surface area contributed by atoms with Gasteiger partial charge in [0.05, 0.1) is 6.61 Å². The smallest absolute Gasteiger partial charge is 0.218 e. The maximum absolute atomic E-state index is 5.85. The highest BCUT2D eigenvalue weighted by atomic mass is 16.5. The van der Waals surface area contributed by atoms with Crippen LogP contribution in [0.4, 0.5) is 5.82 Å². The first-order valence-corrected chi connectivity index (χ1v) is 8.99. The fourth-order valence-electron chi connectivity index (χ4n) is 3.00. The Bertz CT molecular complexity index is 477. The summed E-state index contributed by atoms with van der Waals surface area (Å²) in [6, 6.07) is 2.54. The molecule has 0 bridgehead atoms. The Balaban J connectivity index is 1.70. The summed E-state index contributed by atoms with van der Waals surface area (Å²) >= 11 is 0. The molecule has 4 nitrogen and oxygen atoms in total. The van der Waals surface area contributed by atoms with E-state index >= 15 is 0 Å². The third kappa shape index (κ3) is 4.59. The summed E-state index contributed by atoms with van der Waals surface area (Å²) in [4.78, 5) is 9.35. The van der Waals surface area contributed by atoms with Gasteiger partial charge in [-0.05, 0) is 31.6 Å². The van der Waals surface area contributed by atoms with E-state index in [2.05, 4.69) is 24.1 Å². The van der Waals surface area contributed by atoms with E-state index < -0.39 is 0 Å². The Hall–Kier alpha value is -1.32. The number of ether oxygens (including phenoxy) is 1. The average molecular weight is 303 g/mol. The van der Waals surface area contributed by atoms with Crippen LogP contribution < -0.4 is 10.1 Å². The summed E-state index contributed by atoms with van der Waals surface area (Å²) in [5.41, 5.74) is 0. The minimum atomic E-state index is 0.512. The van der Waals surface area contributed by atoms with E-state index in [1.54, 1.807) is 0 Å². The van der Waals surface area contributed by atoms with Gasteiger partial charge < -0.3 is 10.1 Å². The van der Waals surface area contributed by atoms with E-state index in [4.69, 9.17) is 9.72 Å². The first-order chi connectivity index (χ1) is 10.7. The number of hydrogen-bond donors (Lipinski definition) is 1. The van der Waals surface area contributed by atoms with E-state index in [9.17, 15) is 0 Å². The summed E-state index contributed by atoms with van der Waals surface area (Å²) in [6.07, 6.45) is 10.4. The molecule has 2 aliphatic rings. The van der Waals surface area contributed by atoms with Crippen LogP contribution in [0.1, 0.15) is 77.0 Å². The fourth-order valence-corrected chi connectivity index (χ4v) is 3.00. The molecule has 1 N–H and O–H groups in total. The molecule has 0 atom stereocenters. The van der Waals surface area contributed by atoms with Gasteiger partial charge in [0.2, 0.25) is 5.88 Å². The zero-order valence-corrected chi connectivity index (χ0v) is 14.0. The second-order valence-electron chi connectivity index (χ2n) is 7.26. The van der Waals surface area contributed by atoms with Crippen LogP contribution in [0.25, 0.3) is 0 Å². The lowest BCUT2D eigenvalue weighted by atomic mass is 10.1. The lowest BCUT2D eigenvalue weighted by Gasteiger charge is -2.18. The Morgan fingerprint density at radius 2 is 1.82 bits per heavy atom. The molecule has 2 fully saturated rings. The van der Waals surface area contributed by atoms with Crippen molar-refractivity contribution < 1.29 is 4.74 Å². The molecule has 0 saturated heterocycles. The van der Waals surface area contributed by atoms with Crippen molar-refractivity contribution in [2.24, 2.45) is 5.92 Å². The van der Waals surface area contributed by atoms with Gasteiger partial charge in [0.1, 0.15) is 11.6 Å². The third-order valence-electron chi connectivity index (χ3n) is 4.43. The molecule has 1 aromatic heterocycles. The first kappa shape index (κ1) is 15.6. The van der Waals surface area contributed by atoms with Gasteiger partial charge in [0, 0.05) is 18.0 Å². The van der Waals surface area contributed by atoms with Gasteiger partial charge >= 0.3 is 0 Å². The molecule has 0 aromatic carbocycles. The third-order valence-corrected chi connectivity index (χ3v) is 4.43. The molecule has 0 spiro atoms. The van der Waals surface area contributed by atoms with Crippen molar-refractivity contribution in [1.82, 2.24) is 9.97 Å². The topological polar surface area (TPSA) is 47.0 Å². The highest BCUT2D eigenvalue weighted by Crippen LogP contribution is 2.39. The normalized spacial score (nSPS) is 20.0.